The van der Waals surface area contributed by atoms with Crippen molar-refractivity contribution < 1.29 is 22.0 Å². The van der Waals surface area contributed by atoms with Crippen LogP contribution in [0.1, 0.15) is 15.7 Å². The van der Waals surface area contributed by atoms with Gasteiger partial charge in [0.05, 0.1) is 5.92 Å². The van der Waals surface area contributed by atoms with E-state index in [-0.39, 0.29) is 11.4 Å². The Balaban J connectivity index is 2.92. The molecule has 1 rings (SSSR count). The van der Waals surface area contributed by atoms with E-state index >= 15 is 0 Å². The molecule has 1 unspecified atom stereocenters. The fraction of sp³-hybridized carbons (Fsp3) is 0.500. The van der Waals surface area contributed by atoms with Crippen molar-refractivity contribution in [3.8, 4) is 0 Å². The summed E-state index contributed by atoms with van der Waals surface area (Å²) in [6.07, 6.45) is -7.22. The molecule has 0 aliphatic heterocycles. The van der Waals surface area contributed by atoms with Gasteiger partial charge in [0.25, 0.3) is 0 Å². The van der Waals surface area contributed by atoms with Crippen LogP contribution in [0.2, 0.25) is 0 Å². The van der Waals surface area contributed by atoms with Crippen LogP contribution < -0.4 is 5.73 Å². The molecule has 0 spiro atoms. The number of hydrogen-bond acceptors (Lipinski definition) is 2. The Hall–Kier alpha value is -0.690. The third-order valence-corrected chi connectivity index (χ3v) is 3.09. The van der Waals surface area contributed by atoms with Crippen molar-refractivity contribution in [2.24, 2.45) is 5.73 Å². The molecule has 0 amide bonds. The van der Waals surface area contributed by atoms with E-state index in [2.05, 4.69) is 0 Å². The standard InChI is InChI=1S/C8H8F5NS/c9-7(10)4(3-14)5-1-2-6(15-5)8(11,12)13/h1-2,4,7H,3,14H2. The number of alkyl halides is 5. The molecule has 1 heterocycles. The van der Waals surface area contributed by atoms with Crippen molar-refractivity contribution in [3.63, 3.8) is 0 Å². The van der Waals surface area contributed by atoms with Gasteiger partial charge in [0, 0.05) is 11.4 Å². The van der Waals surface area contributed by atoms with E-state index in [0.29, 0.717) is 11.3 Å². The van der Waals surface area contributed by atoms with Crippen molar-refractivity contribution in [1.29, 1.82) is 0 Å². The van der Waals surface area contributed by atoms with Gasteiger partial charge < -0.3 is 5.73 Å². The van der Waals surface area contributed by atoms with Gasteiger partial charge in [-0.2, -0.15) is 13.2 Å². The van der Waals surface area contributed by atoms with Crippen molar-refractivity contribution in [2.45, 2.75) is 18.5 Å². The maximum Gasteiger partial charge on any atom is 0.425 e. The largest absolute Gasteiger partial charge is 0.425 e. The zero-order valence-electron chi connectivity index (χ0n) is 7.39. The lowest BCUT2D eigenvalue weighted by Crippen LogP contribution is -2.18. The Bertz CT molecular complexity index is 319. The summed E-state index contributed by atoms with van der Waals surface area (Å²) in [7, 11) is 0. The Kier molecular flexibility index (Phi) is 3.67. The van der Waals surface area contributed by atoms with Gasteiger partial charge in [0.1, 0.15) is 4.88 Å². The van der Waals surface area contributed by atoms with Gasteiger partial charge >= 0.3 is 6.18 Å². The molecule has 15 heavy (non-hydrogen) atoms. The smallest absolute Gasteiger partial charge is 0.330 e. The lowest BCUT2D eigenvalue weighted by Gasteiger charge is -2.10. The highest BCUT2D eigenvalue weighted by Crippen LogP contribution is 2.38. The molecule has 0 aliphatic carbocycles. The fourth-order valence-electron chi connectivity index (χ4n) is 1.05. The third kappa shape index (κ3) is 2.88. The van der Waals surface area contributed by atoms with E-state index in [0.717, 1.165) is 12.1 Å². The molecule has 2 N–H and O–H groups in total. The minimum atomic E-state index is -4.48. The lowest BCUT2D eigenvalue weighted by molar-refractivity contribution is -0.134. The van der Waals surface area contributed by atoms with Crippen molar-refractivity contribution >= 4 is 11.3 Å². The summed E-state index contributed by atoms with van der Waals surface area (Å²) >= 11 is 0.316. The van der Waals surface area contributed by atoms with Crippen molar-refractivity contribution in [1.82, 2.24) is 0 Å². The molecule has 0 bridgehead atoms. The van der Waals surface area contributed by atoms with E-state index in [4.69, 9.17) is 5.73 Å². The van der Waals surface area contributed by atoms with Gasteiger partial charge in [-0.3, -0.25) is 0 Å². The second-order valence-electron chi connectivity index (χ2n) is 2.88. The SMILES string of the molecule is NCC(c1ccc(C(F)(F)F)s1)C(F)F. The predicted octanol–water partition coefficient (Wildman–Crippen LogP) is 3.07. The molecule has 0 aliphatic rings. The van der Waals surface area contributed by atoms with Gasteiger partial charge in [-0.05, 0) is 12.1 Å². The van der Waals surface area contributed by atoms with Crippen LogP contribution in [0.5, 0.6) is 0 Å². The molecule has 1 nitrogen and oxygen atoms in total. The van der Waals surface area contributed by atoms with Crippen LogP contribution in [0, 0.1) is 0 Å². The summed E-state index contributed by atoms with van der Waals surface area (Å²) < 4.78 is 61.2. The summed E-state index contributed by atoms with van der Waals surface area (Å²) in [4.78, 5) is -0.906. The van der Waals surface area contributed by atoms with Crippen LogP contribution in [0.25, 0.3) is 0 Å². The summed E-state index contributed by atoms with van der Waals surface area (Å²) in [5.41, 5.74) is 5.07. The van der Waals surface area contributed by atoms with Crippen molar-refractivity contribution in [2.75, 3.05) is 6.54 Å². The minimum absolute atomic E-state index is 0.0279. The van der Waals surface area contributed by atoms with Gasteiger partial charge in [-0.15, -0.1) is 11.3 Å². The van der Waals surface area contributed by atoms with Gasteiger partial charge in [-0.1, -0.05) is 0 Å². The minimum Gasteiger partial charge on any atom is -0.330 e. The molecule has 0 saturated heterocycles. The van der Waals surface area contributed by atoms with Crippen LogP contribution in [0.4, 0.5) is 22.0 Å². The zero-order chi connectivity index (χ0) is 11.6. The molecular weight excluding hydrogens is 237 g/mol. The maximum absolute atomic E-state index is 12.3. The number of thiophene rings is 1. The molecule has 0 radical (unpaired) electrons. The summed E-state index contributed by atoms with van der Waals surface area (Å²) in [5.74, 6) is -1.31. The average Bonchev–Trinajstić information content (AvgIpc) is 2.52. The van der Waals surface area contributed by atoms with Crippen LogP contribution in [0.15, 0.2) is 12.1 Å². The van der Waals surface area contributed by atoms with Crippen molar-refractivity contribution in [3.05, 3.63) is 21.9 Å². The normalized spacial score (nSPS) is 14.6. The fourth-order valence-corrected chi connectivity index (χ4v) is 2.04. The van der Waals surface area contributed by atoms with Crippen LogP contribution in [-0.4, -0.2) is 13.0 Å². The molecular formula is C8H8F5NS. The molecule has 7 heteroatoms. The first-order chi connectivity index (χ1) is 6.86. The average molecular weight is 245 g/mol. The first-order valence-corrected chi connectivity index (χ1v) is 4.83. The Morgan fingerprint density at radius 2 is 1.87 bits per heavy atom. The quantitative estimate of drug-likeness (QED) is 0.814. The molecule has 1 aromatic heterocycles. The van der Waals surface area contributed by atoms with Gasteiger partial charge in [-0.25, -0.2) is 8.78 Å². The van der Waals surface area contributed by atoms with Gasteiger partial charge in [0.2, 0.25) is 6.43 Å². The summed E-state index contributed by atoms with van der Waals surface area (Å²) in [6, 6.07) is 1.85. The van der Waals surface area contributed by atoms with E-state index in [1.807, 2.05) is 0 Å². The highest BCUT2D eigenvalue weighted by Gasteiger charge is 2.34. The van der Waals surface area contributed by atoms with Crippen LogP contribution >= 0.6 is 11.3 Å². The molecule has 1 atom stereocenters. The number of rotatable bonds is 3. The molecule has 1 aromatic rings. The Morgan fingerprint density at radius 1 is 1.27 bits per heavy atom. The van der Waals surface area contributed by atoms with Gasteiger partial charge in [0.15, 0.2) is 0 Å². The summed E-state index contributed by atoms with van der Waals surface area (Å²) in [5, 5.41) is 0. The van der Waals surface area contributed by atoms with Crippen LogP contribution in [-0.2, 0) is 6.18 Å². The molecule has 0 fully saturated rings. The molecule has 0 aromatic carbocycles. The lowest BCUT2D eigenvalue weighted by atomic mass is 10.1. The first kappa shape index (κ1) is 12.4. The number of halogens is 5. The topological polar surface area (TPSA) is 26.0 Å². The second-order valence-corrected chi connectivity index (χ2v) is 3.99. The highest BCUT2D eigenvalue weighted by atomic mass is 32.1. The van der Waals surface area contributed by atoms with E-state index in [9.17, 15) is 22.0 Å². The Labute approximate surface area is 86.7 Å². The third-order valence-electron chi connectivity index (χ3n) is 1.83. The highest BCUT2D eigenvalue weighted by molar-refractivity contribution is 7.12. The monoisotopic (exact) mass is 245 g/mol. The molecule has 86 valence electrons. The Morgan fingerprint density at radius 3 is 2.20 bits per heavy atom. The van der Waals surface area contributed by atoms with Crippen LogP contribution in [0.3, 0.4) is 0 Å². The molecule has 0 saturated carbocycles. The zero-order valence-corrected chi connectivity index (χ0v) is 8.21. The first-order valence-electron chi connectivity index (χ1n) is 4.01. The number of nitrogens with two attached hydrogens (primary N) is 1. The maximum atomic E-state index is 12.3. The predicted molar refractivity (Wildman–Crippen MR) is 47.1 cm³/mol. The van der Waals surface area contributed by atoms with E-state index in [1.54, 1.807) is 0 Å². The van der Waals surface area contributed by atoms with E-state index < -0.39 is 23.4 Å². The number of hydrogen-bond donors (Lipinski definition) is 1. The van der Waals surface area contributed by atoms with E-state index in [1.165, 1.54) is 0 Å². The summed E-state index contributed by atoms with van der Waals surface area (Å²) in [6.45, 7) is -0.366. The second kappa shape index (κ2) is 4.44.